The second kappa shape index (κ2) is 7.21. The van der Waals surface area contributed by atoms with Gasteiger partial charge < -0.3 is 10.6 Å². The summed E-state index contributed by atoms with van der Waals surface area (Å²) >= 11 is 0. The fraction of sp³-hybridized carbons (Fsp3) is 0.250. The van der Waals surface area contributed by atoms with Crippen LogP contribution in [0.2, 0.25) is 0 Å². The van der Waals surface area contributed by atoms with Crippen molar-refractivity contribution in [3.05, 3.63) is 53.0 Å². The number of benzene rings is 1. The lowest BCUT2D eigenvalue weighted by Crippen LogP contribution is -2.19. The number of anilines is 2. The van der Waals surface area contributed by atoms with Gasteiger partial charge in [-0.3, -0.25) is 14.9 Å². The van der Waals surface area contributed by atoms with E-state index in [1.165, 1.54) is 12.1 Å². The number of amides is 2. The summed E-state index contributed by atoms with van der Waals surface area (Å²) in [5.74, 6) is -0.168. The van der Waals surface area contributed by atoms with Crippen molar-refractivity contribution >= 4 is 35.4 Å². The largest absolute Gasteiger partial charge is 0.351 e. The highest BCUT2D eigenvalue weighted by Gasteiger charge is 2.26. The zero-order chi connectivity index (χ0) is 20.7. The van der Waals surface area contributed by atoms with Gasteiger partial charge in [0, 0.05) is 23.7 Å². The van der Waals surface area contributed by atoms with Gasteiger partial charge in [0.25, 0.3) is 5.91 Å². The van der Waals surface area contributed by atoms with Crippen LogP contribution >= 0.6 is 0 Å². The number of nitrogens with zero attached hydrogens (tertiary/aromatic N) is 4. The van der Waals surface area contributed by atoms with Crippen LogP contribution in [0.3, 0.4) is 0 Å². The highest BCUT2D eigenvalue weighted by molar-refractivity contribution is 6.15. The molecule has 0 radical (unpaired) electrons. The van der Waals surface area contributed by atoms with Gasteiger partial charge in [-0.05, 0) is 36.6 Å². The molecule has 3 aromatic rings. The van der Waals surface area contributed by atoms with Crippen molar-refractivity contribution in [3.8, 4) is 0 Å². The van der Waals surface area contributed by atoms with E-state index in [1.807, 2.05) is 6.07 Å². The lowest BCUT2D eigenvalue weighted by atomic mass is 10.1. The van der Waals surface area contributed by atoms with Crippen molar-refractivity contribution in [2.75, 3.05) is 10.6 Å². The first-order chi connectivity index (χ1) is 14.5. The number of hydrogen-bond donors (Lipinski definition) is 3. The fourth-order valence-corrected chi connectivity index (χ4v) is 3.22. The van der Waals surface area contributed by atoms with E-state index >= 15 is 0 Å². The zero-order valence-electron chi connectivity index (χ0n) is 15.9. The third-order valence-corrected chi connectivity index (χ3v) is 4.87. The summed E-state index contributed by atoms with van der Waals surface area (Å²) in [6.45, 7) is 0.346. The number of hydrogen-bond acceptors (Lipinski definition) is 7. The lowest BCUT2D eigenvalue weighted by molar-refractivity contribution is -0.124. The number of fused-ring (bicyclic) bond motifs is 1. The highest BCUT2D eigenvalue weighted by Crippen LogP contribution is 2.26. The Morgan fingerprint density at radius 2 is 2.13 bits per heavy atom. The molecule has 9 nitrogen and oxygen atoms in total. The van der Waals surface area contributed by atoms with Crippen LogP contribution in [0.4, 0.5) is 16.3 Å². The van der Waals surface area contributed by atoms with Gasteiger partial charge in [0.2, 0.25) is 17.8 Å². The van der Waals surface area contributed by atoms with Gasteiger partial charge in [-0.15, -0.1) is 0 Å². The molecule has 2 fully saturated rings. The molecule has 10 heteroatoms. The number of halogens is 1. The van der Waals surface area contributed by atoms with Crippen LogP contribution in [-0.4, -0.2) is 37.4 Å². The van der Waals surface area contributed by atoms with Crippen LogP contribution in [0.5, 0.6) is 0 Å². The maximum absolute atomic E-state index is 13.4. The smallest absolute Gasteiger partial charge is 0.254 e. The number of rotatable bonds is 6. The predicted molar refractivity (Wildman–Crippen MR) is 107 cm³/mol. The quantitative estimate of drug-likeness (QED) is 0.422. The van der Waals surface area contributed by atoms with E-state index in [2.05, 4.69) is 31.0 Å². The number of nitrogens with one attached hydrogen (secondary N) is 3. The van der Waals surface area contributed by atoms with Crippen molar-refractivity contribution in [2.45, 2.75) is 31.8 Å². The molecule has 1 saturated heterocycles. The Kier molecular flexibility index (Phi) is 4.38. The average Bonchev–Trinajstić information content (AvgIpc) is 3.35. The first-order valence-electron chi connectivity index (χ1n) is 9.60. The van der Waals surface area contributed by atoms with Crippen LogP contribution in [0.15, 0.2) is 36.0 Å². The number of carbonyl (C=O) groups excluding carboxylic acids is 2. The standard InChI is InChI=1S/C20H18FN7O2/c21-14-3-1-2-11(6-14)9-22-19-26-17-13(7-12-8-16(29)25-18(12)30)10-23-28(17)20(27-19)24-15-4-5-15/h1-3,6-7,10,15H,4-5,8-9H2,(H,25,29,30)(H2,22,24,26,27)/b12-7+. The number of aromatic nitrogens is 4. The van der Waals surface area contributed by atoms with Crippen LogP contribution in [-0.2, 0) is 16.1 Å². The molecule has 3 heterocycles. The second-order valence-corrected chi connectivity index (χ2v) is 7.33. The minimum Gasteiger partial charge on any atom is -0.351 e. The van der Waals surface area contributed by atoms with E-state index in [-0.39, 0.29) is 18.1 Å². The molecule has 1 aromatic carbocycles. The molecule has 1 aliphatic carbocycles. The molecule has 5 rings (SSSR count). The topological polar surface area (TPSA) is 113 Å². The maximum Gasteiger partial charge on any atom is 0.254 e. The maximum atomic E-state index is 13.4. The van der Waals surface area contributed by atoms with E-state index in [1.54, 1.807) is 22.9 Å². The highest BCUT2D eigenvalue weighted by atomic mass is 19.1. The summed E-state index contributed by atoms with van der Waals surface area (Å²) in [5, 5.41) is 13.1. The SMILES string of the molecule is O=C1C/C(=C\c2cnn3c(NC4CC4)nc(NCc4cccc(F)c4)nc23)C(=O)N1. The Morgan fingerprint density at radius 3 is 2.87 bits per heavy atom. The summed E-state index contributed by atoms with van der Waals surface area (Å²) in [6.07, 6.45) is 5.34. The van der Waals surface area contributed by atoms with Crippen molar-refractivity contribution in [1.29, 1.82) is 0 Å². The van der Waals surface area contributed by atoms with Gasteiger partial charge in [0.15, 0.2) is 5.65 Å². The van der Waals surface area contributed by atoms with Crippen LogP contribution in [0.25, 0.3) is 11.7 Å². The lowest BCUT2D eigenvalue weighted by Gasteiger charge is -2.10. The molecule has 1 saturated carbocycles. The molecule has 3 N–H and O–H groups in total. The molecule has 30 heavy (non-hydrogen) atoms. The summed E-state index contributed by atoms with van der Waals surface area (Å²) in [4.78, 5) is 32.4. The van der Waals surface area contributed by atoms with Gasteiger partial charge in [-0.2, -0.15) is 19.6 Å². The van der Waals surface area contributed by atoms with E-state index in [4.69, 9.17) is 0 Å². The van der Waals surface area contributed by atoms with Crippen LogP contribution < -0.4 is 16.0 Å². The van der Waals surface area contributed by atoms with E-state index in [0.29, 0.717) is 41.3 Å². The third kappa shape index (κ3) is 3.71. The molecule has 1 aliphatic heterocycles. The van der Waals surface area contributed by atoms with Crippen molar-refractivity contribution in [2.24, 2.45) is 0 Å². The van der Waals surface area contributed by atoms with Gasteiger partial charge in [0.05, 0.1) is 12.6 Å². The number of imide groups is 1. The minimum absolute atomic E-state index is 0.0269. The fourth-order valence-electron chi connectivity index (χ4n) is 3.22. The third-order valence-electron chi connectivity index (χ3n) is 4.87. The Bertz CT molecular complexity index is 1200. The van der Waals surface area contributed by atoms with Gasteiger partial charge in [0.1, 0.15) is 5.82 Å². The van der Waals surface area contributed by atoms with E-state index in [9.17, 15) is 14.0 Å². The normalized spacial score (nSPS) is 17.6. The number of carbonyl (C=O) groups is 2. The van der Waals surface area contributed by atoms with Crippen molar-refractivity contribution in [1.82, 2.24) is 24.9 Å². The molecule has 0 atom stereocenters. The van der Waals surface area contributed by atoms with Crippen LogP contribution in [0.1, 0.15) is 30.4 Å². The molecule has 0 spiro atoms. The molecule has 2 aliphatic rings. The molecule has 0 bridgehead atoms. The van der Waals surface area contributed by atoms with E-state index < -0.39 is 5.91 Å². The first kappa shape index (κ1) is 18.2. The Morgan fingerprint density at radius 1 is 1.27 bits per heavy atom. The van der Waals surface area contributed by atoms with Crippen molar-refractivity contribution < 1.29 is 14.0 Å². The Labute approximate surface area is 170 Å². The molecule has 2 amide bonds. The molecule has 0 unspecified atom stereocenters. The van der Waals surface area contributed by atoms with E-state index in [0.717, 1.165) is 18.4 Å². The summed E-state index contributed by atoms with van der Waals surface area (Å²) in [5.41, 5.74) is 2.21. The van der Waals surface area contributed by atoms with Crippen LogP contribution in [0, 0.1) is 5.82 Å². The Balaban J connectivity index is 1.50. The average molecular weight is 407 g/mol. The van der Waals surface area contributed by atoms with Gasteiger partial charge in [-0.25, -0.2) is 4.39 Å². The first-order valence-corrected chi connectivity index (χ1v) is 9.60. The molecular weight excluding hydrogens is 389 g/mol. The predicted octanol–water partition coefficient (Wildman–Crippen LogP) is 1.88. The molecular formula is C20H18FN7O2. The molecule has 2 aromatic heterocycles. The van der Waals surface area contributed by atoms with Gasteiger partial charge in [-0.1, -0.05) is 12.1 Å². The second-order valence-electron chi connectivity index (χ2n) is 7.33. The molecule has 152 valence electrons. The van der Waals surface area contributed by atoms with Gasteiger partial charge >= 0.3 is 0 Å². The van der Waals surface area contributed by atoms with Crippen molar-refractivity contribution in [3.63, 3.8) is 0 Å². The summed E-state index contributed by atoms with van der Waals surface area (Å²) in [6, 6.07) is 6.62. The Hall–Kier alpha value is -3.82. The minimum atomic E-state index is -0.408. The zero-order valence-corrected chi connectivity index (χ0v) is 15.9. The monoisotopic (exact) mass is 407 g/mol. The summed E-state index contributed by atoms with van der Waals surface area (Å²) < 4.78 is 15.0. The summed E-state index contributed by atoms with van der Waals surface area (Å²) in [7, 11) is 0.